The summed E-state index contributed by atoms with van der Waals surface area (Å²) in [4.78, 5) is 34.9. The molecule has 0 atom stereocenters. The molecule has 8 heteroatoms. The summed E-state index contributed by atoms with van der Waals surface area (Å²) in [5.41, 5.74) is 1.82. The molecule has 0 aliphatic rings. The van der Waals surface area contributed by atoms with Crippen molar-refractivity contribution in [3.63, 3.8) is 0 Å². The smallest absolute Gasteiger partial charge is 0.345 e. The first-order valence-electron chi connectivity index (χ1n) is 8.97. The van der Waals surface area contributed by atoms with Gasteiger partial charge in [-0.1, -0.05) is 60.1 Å². The average Bonchev–Trinajstić information content (AvgIpc) is 2.74. The van der Waals surface area contributed by atoms with Gasteiger partial charge in [0.15, 0.2) is 6.61 Å². The largest absolute Gasteiger partial charge is 0.452 e. The van der Waals surface area contributed by atoms with E-state index in [1.165, 1.54) is 12.1 Å². The van der Waals surface area contributed by atoms with Crippen molar-refractivity contribution in [2.24, 2.45) is 0 Å². The van der Waals surface area contributed by atoms with Gasteiger partial charge in [0.1, 0.15) is 5.56 Å². The number of ether oxygens (including phenoxy) is 1. The van der Waals surface area contributed by atoms with Gasteiger partial charge in [0.2, 0.25) is 0 Å². The minimum absolute atomic E-state index is 0.117. The maximum absolute atomic E-state index is 12.3. The van der Waals surface area contributed by atoms with E-state index in [-0.39, 0.29) is 10.6 Å². The fourth-order valence-corrected chi connectivity index (χ4v) is 3.00. The molecule has 152 valence electrons. The van der Waals surface area contributed by atoms with E-state index in [0.717, 1.165) is 17.2 Å². The van der Waals surface area contributed by atoms with Crippen LogP contribution in [0.4, 0.5) is 11.4 Å². The van der Waals surface area contributed by atoms with E-state index in [0.29, 0.717) is 12.1 Å². The van der Waals surface area contributed by atoms with Crippen LogP contribution in [0.15, 0.2) is 72.8 Å². The van der Waals surface area contributed by atoms with Crippen LogP contribution in [0.3, 0.4) is 0 Å². The van der Waals surface area contributed by atoms with E-state index in [9.17, 15) is 19.7 Å². The zero-order chi connectivity index (χ0) is 21.5. The molecule has 0 heterocycles. The third-order valence-electron chi connectivity index (χ3n) is 4.24. The summed E-state index contributed by atoms with van der Waals surface area (Å²) in [6, 6.07) is 20.7. The quantitative estimate of drug-likeness (QED) is 0.338. The topological polar surface area (TPSA) is 98.5 Å². The fraction of sp³-hybridized carbons (Fsp3) is 0.0909. The van der Waals surface area contributed by atoms with Crippen molar-refractivity contribution in [1.82, 2.24) is 0 Å². The summed E-state index contributed by atoms with van der Waals surface area (Å²) in [6.45, 7) is -0.585. The fourth-order valence-electron chi connectivity index (χ4n) is 2.84. The molecule has 0 saturated carbocycles. The lowest BCUT2D eigenvalue weighted by atomic mass is 10.0. The first kappa shape index (κ1) is 21.0. The predicted molar refractivity (Wildman–Crippen MR) is 113 cm³/mol. The highest BCUT2D eigenvalue weighted by Gasteiger charge is 2.22. The lowest BCUT2D eigenvalue weighted by molar-refractivity contribution is -0.385. The highest BCUT2D eigenvalue weighted by Crippen LogP contribution is 2.24. The minimum atomic E-state index is -0.980. The van der Waals surface area contributed by atoms with Crippen molar-refractivity contribution < 1.29 is 19.2 Å². The Morgan fingerprint density at radius 3 is 2.43 bits per heavy atom. The Labute approximate surface area is 177 Å². The molecule has 0 aromatic heterocycles. The zero-order valence-electron chi connectivity index (χ0n) is 15.7. The SMILES string of the molecule is O=C(COC(=O)c1ccc(Cl)cc1[N+](=O)[O-])Nc1ccccc1Cc1ccccc1. The number of hydrogen-bond acceptors (Lipinski definition) is 5. The number of nitro benzene ring substituents is 1. The van der Waals surface area contributed by atoms with Crippen molar-refractivity contribution in [3.05, 3.63) is 105 Å². The van der Waals surface area contributed by atoms with Crippen molar-refractivity contribution in [2.45, 2.75) is 6.42 Å². The van der Waals surface area contributed by atoms with Crippen LogP contribution in [0, 0.1) is 10.1 Å². The number of nitrogens with zero attached hydrogens (tertiary/aromatic N) is 1. The molecule has 3 aromatic carbocycles. The van der Waals surface area contributed by atoms with Gasteiger partial charge in [-0.05, 0) is 35.7 Å². The first-order valence-corrected chi connectivity index (χ1v) is 9.34. The molecule has 0 radical (unpaired) electrons. The molecule has 3 rings (SSSR count). The molecule has 30 heavy (non-hydrogen) atoms. The van der Waals surface area contributed by atoms with Gasteiger partial charge in [0.05, 0.1) is 4.92 Å². The number of amides is 1. The molecular formula is C22H17ClN2O5. The van der Waals surface area contributed by atoms with E-state index in [1.54, 1.807) is 12.1 Å². The van der Waals surface area contributed by atoms with Gasteiger partial charge in [0.25, 0.3) is 11.6 Å². The Balaban J connectivity index is 1.65. The summed E-state index contributed by atoms with van der Waals surface area (Å²) < 4.78 is 4.95. The zero-order valence-corrected chi connectivity index (χ0v) is 16.5. The predicted octanol–water partition coefficient (Wildman–Crippen LogP) is 4.63. The Kier molecular flexibility index (Phi) is 6.77. The van der Waals surface area contributed by atoms with Crippen molar-refractivity contribution in [3.8, 4) is 0 Å². The number of esters is 1. The molecule has 3 aromatic rings. The average molecular weight is 425 g/mol. The van der Waals surface area contributed by atoms with Gasteiger partial charge in [-0.3, -0.25) is 14.9 Å². The summed E-state index contributed by atoms with van der Waals surface area (Å²) in [7, 11) is 0. The second-order valence-corrected chi connectivity index (χ2v) is 6.80. The van der Waals surface area contributed by atoms with E-state index in [2.05, 4.69) is 5.32 Å². The Morgan fingerprint density at radius 2 is 1.70 bits per heavy atom. The molecule has 0 aliphatic heterocycles. The molecule has 0 fully saturated rings. The van der Waals surface area contributed by atoms with Crippen LogP contribution >= 0.6 is 11.6 Å². The van der Waals surface area contributed by atoms with Crippen molar-refractivity contribution in [2.75, 3.05) is 11.9 Å². The molecule has 0 saturated heterocycles. The maximum atomic E-state index is 12.3. The second-order valence-electron chi connectivity index (χ2n) is 6.36. The van der Waals surface area contributed by atoms with E-state index < -0.39 is 29.1 Å². The summed E-state index contributed by atoms with van der Waals surface area (Å²) in [5, 5.41) is 13.9. The summed E-state index contributed by atoms with van der Waals surface area (Å²) in [6.07, 6.45) is 0.619. The summed E-state index contributed by atoms with van der Waals surface area (Å²) >= 11 is 5.74. The monoisotopic (exact) mass is 424 g/mol. The number of nitrogens with one attached hydrogen (secondary N) is 1. The standard InChI is InChI=1S/C22H17ClN2O5/c23-17-10-11-18(20(13-17)25(28)29)22(27)30-14-21(26)24-19-9-5-4-8-16(19)12-15-6-2-1-3-7-15/h1-11,13H,12,14H2,(H,24,26). The molecule has 1 amide bonds. The molecule has 7 nitrogen and oxygen atoms in total. The highest BCUT2D eigenvalue weighted by atomic mass is 35.5. The molecule has 0 spiro atoms. The second kappa shape index (κ2) is 9.67. The van der Waals surface area contributed by atoms with Crippen molar-refractivity contribution >= 4 is 34.9 Å². The molecule has 1 N–H and O–H groups in total. The lowest BCUT2D eigenvalue weighted by Crippen LogP contribution is -2.22. The van der Waals surface area contributed by atoms with Crippen LogP contribution in [-0.4, -0.2) is 23.4 Å². The number of nitro groups is 1. The third-order valence-corrected chi connectivity index (χ3v) is 4.47. The van der Waals surface area contributed by atoms with Gasteiger partial charge >= 0.3 is 5.97 Å². The van der Waals surface area contributed by atoms with Crippen LogP contribution in [0.5, 0.6) is 0 Å². The van der Waals surface area contributed by atoms with Crippen LogP contribution in [0.2, 0.25) is 5.02 Å². The van der Waals surface area contributed by atoms with E-state index in [4.69, 9.17) is 16.3 Å². The number of anilines is 1. The van der Waals surface area contributed by atoms with Gasteiger partial charge in [-0.15, -0.1) is 0 Å². The van der Waals surface area contributed by atoms with E-state index >= 15 is 0 Å². The number of halogens is 1. The molecule has 0 aliphatic carbocycles. The minimum Gasteiger partial charge on any atom is -0.452 e. The van der Waals surface area contributed by atoms with Crippen molar-refractivity contribution in [1.29, 1.82) is 0 Å². The number of hydrogen-bond donors (Lipinski definition) is 1. The van der Waals surface area contributed by atoms with Crippen LogP contribution in [0.25, 0.3) is 0 Å². The number of carbonyl (C=O) groups excluding carboxylic acids is 2. The molecule has 0 unspecified atom stereocenters. The highest BCUT2D eigenvalue weighted by molar-refractivity contribution is 6.31. The Morgan fingerprint density at radius 1 is 1.00 bits per heavy atom. The van der Waals surface area contributed by atoms with E-state index in [1.807, 2.05) is 42.5 Å². The normalized spacial score (nSPS) is 10.3. The number of carbonyl (C=O) groups is 2. The molecule has 0 bridgehead atoms. The van der Waals surface area contributed by atoms with Gasteiger partial charge in [-0.25, -0.2) is 4.79 Å². The lowest BCUT2D eigenvalue weighted by Gasteiger charge is -2.11. The van der Waals surface area contributed by atoms with Gasteiger partial charge < -0.3 is 10.1 Å². The summed E-state index contributed by atoms with van der Waals surface area (Å²) in [5.74, 6) is -1.54. The van der Waals surface area contributed by atoms with Gasteiger partial charge in [0, 0.05) is 16.8 Å². The first-order chi connectivity index (χ1) is 14.4. The number of benzene rings is 3. The third kappa shape index (κ3) is 5.42. The number of rotatable bonds is 7. The van der Waals surface area contributed by atoms with Crippen LogP contribution in [0.1, 0.15) is 21.5 Å². The van der Waals surface area contributed by atoms with Crippen LogP contribution in [-0.2, 0) is 16.0 Å². The Hall–Kier alpha value is -3.71. The number of para-hydroxylation sites is 1. The van der Waals surface area contributed by atoms with Crippen LogP contribution < -0.4 is 5.32 Å². The maximum Gasteiger partial charge on any atom is 0.345 e. The van der Waals surface area contributed by atoms with Gasteiger partial charge in [-0.2, -0.15) is 0 Å². The molecular weight excluding hydrogens is 408 g/mol. The Bertz CT molecular complexity index is 1090.